The summed E-state index contributed by atoms with van der Waals surface area (Å²) in [6.45, 7) is 6.33. The first kappa shape index (κ1) is 14.1. The van der Waals surface area contributed by atoms with Crippen LogP contribution >= 0.6 is 0 Å². The van der Waals surface area contributed by atoms with Crippen molar-refractivity contribution >= 4 is 17.3 Å². The third-order valence-corrected chi connectivity index (χ3v) is 2.70. The molecule has 3 heteroatoms. The summed E-state index contributed by atoms with van der Waals surface area (Å²) in [6.07, 6.45) is 0. The lowest BCUT2D eigenvalue weighted by molar-refractivity contribution is 0.102. The second kappa shape index (κ2) is 5.78. The molecule has 0 bridgehead atoms. The number of anilines is 2. The van der Waals surface area contributed by atoms with Crippen molar-refractivity contribution in [1.29, 1.82) is 0 Å². The summed E-state index contributed by atoms with van der Waals surface area (Å²) in [4.78, 5) is 12.0. The Morgan fingerprint density at radius 2 is 1.40 bits per heavy atom. The van der Waals surface area contributed by atoms with E-state index in [-0.39, 0.29) is 11.4 Å². The van der Waals surface area contributed by atoms with E-state index in [2.05, 4.69) is 31.4 Å². The highest BCUT2D eigenvalue weighted by atomic mass is 16.1. The fraction of sp³-hybridized carbons (Fsp3) is 0.235. The Labute approximate surface area is 120 Å². The van der Waals surface area contributed by atoms with Crippen molar-refractivity contribution < 1.29 is 4.79 Å². The lowest BCUT2D eigenvalue weighted by Gasteiger charge is -2.22. The van der Waals surface area contributed by atoms with Crippen molar-refractivity contribution in [3.63, 3.8) is 0 Å². The lowest BCUT2D eigenvalue weighted by Crippen LogP contribution is -2.25. The normalized spacial score (nSPS) is 10.9. The average Bonchev–Trinajstić information content (AvgIpc) is 2.40. The van der Waals surface area contributed by atoms with Crippen LogP contribution in [0.15, 0.2) is 54.6 Å². The number of nitrogens with one attached hydrogen (secondary N) is 2. The van der Waals surface area contributed by atoms with Crippen molar-refractivity contribution in [2.75, 3.05) is 10.6 Å². The minimum absolute atomic E-state index is 0.0226. The molecule has 0 aliphatic heterocycles. The number of rotatable bonds is 3. The zero-order chi connectivity index (χ0) is 14.6. The minimum Gasteiger partial charge on any atom is -0.380 e. The van der Waals surface area contributed by atoms with Crippen LogP contribution < -0.4 is 10.6 Å². The van der Waals surface area contributed by atoms with Crippen LogP contribution in [-0.4, -0.2) is 11.4 Å². The van der Waals surface area contributed by atoms with Crippen molar-refractivity contribution in [1.82, 2.24) is 0 Å². The number of hydrogen-bond donors (Lipinski definition) is 2. The van der Waals surface area contributed by atoms with Crippen LogP contribution in [0.25, 0.3) is 0 Å². The third-order valence-electron chi connectivity index (χ3n) is 2.70. The van der Waals surface area contributed by atoms with Gasteiger partial charge in [0, 0.05) is 22.5 Å². The van der Waals surface area contributed by atoms with E-state index in [9.17, 15) is 4.79 Å². The van der Waals surface area contributed by atoms with Crippen molar-refractivity contribution in [3.8, 4) is 0 Å². The first-order chi connectivity index (χ1) is 9.44. The molecule has 0 spiro atoms. The summed E-state index contributed by atoms with van der Waals surface area (Å²) in [6, 6.07) is 16.9. The molecule has 2 rings (SSSR count). The predicted octanol–water partition coefficient (Wildman–Crippen LogP) is 4.15. The fourth-order valence-corrected chi connectivity index (χ4v) is 1.86. The van der Waals surface area contributed by atoms with Crippen molar-refractivity contribution in [3.05, 3.63) is 60.2 Å². The predicted molar refractivity (Wildman–Crippen MR) is 84.2 cm³/mol. The molecule has 0 atom stereocenters. The van der Waals surface area contributed by atoms with Gasteiger partial charge in [0.05, 0.1) is 0 Å². The van der Waals surface area contributed by atoms with E-state index in [0.29, 0.717) is 5.56 Å². The summed E-state index contributed by atoms with van der Waals surface area (Å²) < 4.78 is 0. The van der Waals surface area contributed by atoms with Gasteiger partial charge in [-0.3, -0.25) is 4.79 Å². The van der Waals surface area contributed by atoms with Crippen molar-refractivity contribution in [2.45, 2.75) is 26.3 Å². The first-order valence-corrected chi connectivity index (χ1v) is 6.69. The summed E-state index contributed by atoms with van der Waals surface area (Å²) >= 11 is 0. The van der Waals surface area contributed by atoms with Gasteiger partial charge in [-0.05, 0) is 57.2 Å². The topological polar surface area (TPSA) is 41.1 Å². The van der Waals surface area contributed by atoms with Crippen LogP contribution in [0.2, 0.25) is 0 Å². The molecule has 0 aromatic heterocycles. The summed E-state index contributed by atoms with van der Waals surface area (Å²) in [5, 5.41) is 6.26. The van der Waals surface area contributed by atoms with E-state index in [1.165, 1.54) is 0 Å². The van der Waals surface area contributed by atoms with E-state index < -0.39 is 0 Å². The van der Waals surface area contributed by atoms with Crippen LogP contribution in [0.5, 0.6) is 0 Å². The highest BCUT2D eigenvalue weighted by Crippen LogP contribution is 2.18. The Morgan fingerprint density at radius 1 is 0.850 bits per heavy atom. The van der Waals surface area contributed by atoms with E-state index in [1.54, 1.807) is 12.1 Å². The molecule has 2 aromatic carbocycles. The molecule has 0 aliphatic carbocycles. The third kappa shape index (κ3) is 4.12. The van der Waals surface area contributed by atoms with E-state index in [0.717, 1.165) is 11.4 Å². The molecular formula is C17H20N2O. The zero-order valence-electron chi connectivity index (χ0n) is 12.1. The molecule has 0 unspecified atom stereocenters. The summed E-state index contributed by atoms with van der Waals surface area (Å²) in [5.74, 6) is -0.0952. The monoisotopic (exact) mass is 268 g/mol. The van der Waals surface area contributed by atoms with Crippen LogP contribution in [0.3, 0.4) is 0 Å². The molecule has 0 radical (unpaired) electrons. The Bertz CT molecular complexity index is 568. The SMILES string of the molecule is CC(C)(C)Nc1ccc(NC(=O)c2ccccc2)cc1. The Kier molecular flexibility index (Phi) is 4.08. The van der Waals surface area contributed by atoms with E-state index in [4.69, 9.17) is 0 Å². The molecule has 0 fully saturated rings. The largest absolute Gasteiger partial charge is 0.380 e. The molecule has 0 saturated carbocycles. The molecule has 0 heterocycles. The van der Waals surface area contributed by atoms with Gasteiger partial charge in [-0.15, -0.1) is 0 Å². The molecule has 0 saturated heterocycles. The Balaban J connectivity index is 2.02. The molecule has 3 nitrogen and oxygen atoms in total. The molecule has 104 valence electrons. The Hall–Kier alpha value is -2.29. The quantitative estimate of drug-likeness (QED) is 0.878. The van der Waals surface area contributed by atoms with E-state index in [1.807, 2.05) is 42.5 Å². The van der Waals surface area contributed by atoms with Crippen LogP contribution in [0.1, 0.15) is 31.1 Å². The number of hydrogen-bond acceptors (Lipinski definition) is 2. The molecule has 2 N–H and O–H groups in total. The minimum atomic E-state index is -0.0952. The second-order valence-electron chi connectivity index (χ2n) is 5.77. The average molecular weight is 268 g/mol. The van der Waals surface area contributed by atoms with Crippen LogP contribution in [-0.2, 0) is 0 Å². The second-order valence-corrected chi connectivity index (χ2v) is 5.77. The van der Waals surface area contributed by atoms with Gasteiger partial charge in [-0.25, -0.2) is 0 Å². The van der Waals surface area contributed by atoms with Gasteiger partial charge in [0.25, 0.3) is 5.91 Å². The molecule has 0 aliphatic rings. The van der Waals surface area contributed by atoms with Gasteiger partial charge in [-0.2, -0.15) is 0 Å². The molecule has 1 amide bonds. The fourth-order valence-electron chi connectivity index (χ4n) is 1.86. The standard InChI is InChI=1S/C17H20N2O/c1-17(2,3)19-15-11-9-14(10-12-15)18-16(20)13-7-5-4-6-8-13/h4-12,19H,1-3H3,(H,18,20). The molecule has 2 aromatic rings. The van der Waals surface area contributed by atoms with E-state index >= 15 is 0 Å². The number of carbonyl (C=O) groups is 1. The summed E-state index contributed by atoms with van der Waals surface area (Å²) in [7, 11) is 0. The first-order valence-electron chi connectivity index (χ1n) is 6.69. The van der Waals surface area contributed by atoms with Crippen LogP contribution in [0.4, 0.5) is 11.4 Å². The maximum absolute atomic E-state index is 12.0. The number of carbonyl (C=O) groups excluding carboxylic acids is 1. The highest BCUT2D eigenvalue weighted by molar-refractivity contribution is 6.04. The number of amides is 1. The zero-order valence-corrected chi connectivity index (χ0v) is 12.1. The lowest BCUT2D eigenvalue weighted by atomic mass is 10.1. The van der Waals surface area contributed by atoms with Crippen molar-refractivity contribution in [2.24, 2.45) is 0 Å². The maximum Gasteiger partial charge on any atom is 0.255 e. The van der Waals surface area contributed by atoms with Gasteiger partial charge in [0.15, 0.2) is 0 Å². The molecular weight excluding hydrogens is 248 g/mol. The smallest absolute Gasteiger partial charge is 0.255 e. The van der Waals surface area contributed by atoms with Gasteiger partial charge in [0.1, 0.15) is 0 Å². The number of benzene rings is 2. The van der Waals surface area contributed by atoms with Gasteiger partial charge in [-0.1, -0.05) is 18.2 Å². The van der Waals surface area contributed by atoms with Gasteiger partial charge >= 0.3 is 0 Å². The van der Waals surface area contributed by atoms with Gasteiger partial charge < -0.3 is 10.6 Å². The van der Waals surface area contributed by atoms with Gasteiger partial charge in [0.2, 0.25) is 0 Å². The molecule has 20 heavy (non-hydrogen) atoms. The maximum atomic E-state index is 12.0. The Morgan fingerprint density at radius 3 is 1.95 bits per heavy atom. The highest BCUT2D eigenvalue weighted by Gasteiger charge is 2.09. The summed E-state index contributed by atoms with van der Waals surface area (Å²) in [5.41, 5.74) is 2.51. The van der Waals surface area contributed by atoms with Crippen LogP contribution in [0, 0.1) is 0 Å².